The number of aryl methyl sites for hydroxylation is 2. The molecule has 0 amide bonds. The Morgan fingerprint density at radius 1 is 1.29 bits per heavy atom. The predicted molar refractivity (Wildman–Crippen MR) is 105 cm³/mol. The molecule has 0 aliphatic heterocycles. The zero-order valence-corrected chi connectivity index (χ0v) is 16.5. The summed E-state index contributed by atoms with van der Waals surface area (Å²) in [7, 11) is 3.20. The number of imidazole rings is 1. The molecule has 3 heterocycles. The molecule has 28 heavy (non-hydrogen) atoms. The van der Waals surface area contributed by atoms with Crippen LogP contribution in [0.5, 0.6) is 0 Å². The number of esters is 1. The number of hydrogen-bond donors (Lipinski definition) is 0. The van der Waals surface area contributed by atoms with Crippen molar-refractivity contribution in [2.75, 3.05) is 7.11 Å². The van der Waals surface area contributed by atoms with Crippen molar-refractivity contribution >= 4 is 17.1 Å². The largest absolute Gasteiger partial charge is 0.465 e. The second-order valence-electron chi connectivity index (χ2n) is 7.50. The second kappa shape index (κ2) is 7.26. The van der Waals surface area contributed by atoms with Crippen LogP contribution in [0, 0.1) is 6.92 Å². The van der Waals surface area contributed by atoms with E-state index in [2.05, 4.69) is 10.1 Å². The number of carbonyl (C=O) groups is 1. The third kappa shape index (κ3) is 3.12. The average molecular weight is 383 g/mol. The maximum absolute atomic E-state index is 13.4. The molecule has 0 unspecified atom stereocenters. The molecule has 148 valence electrons. The van der Waals surface area contributed by atoms with E-state index in [1.807, 2.05) is 24.7 Å². The second-order valence-corrected chi connectivity index (χ2v) is 7.50. The molecule has 0 atom stereocenters. The molecule has 1 saturated carbocycles. The van der Waals surface area contributed by atoms with E-state index >= 15 is 0 Å². The van der Waals surface area contributed by atoms with Gasteiger partial charge < -0.3 is 4.74 Å². The Hall–Kier alpha value is -2.90. The molecule has 1 aliphatic carbocycles. The van der Waals surface area contributed by atoms with Crippen molar-refractivity contribution in [2.45, 2.75) is 51.6 Å². The highest BCUT2D eigenvalue weighted by Gasteiger charge is 2.24. The van der Waals surface area contributed by atoms with E-state index in [-0.39, 0.29) is 11.7 Å². The number of fused-ring (bicyclic) bond motifs is 1. The van der Waals surface area contributed by atoms with Gasteiger partial charge in [0.2, 0.25) is 0 Å². The number of aromatic nitrogens is 5. The van der Waals surface area contributed by atoms with Crippen molar-refractivity contribution in [3.63, 3.8) is 0 Å². The number of hydrogen-bond acceptors (Lipinski definition) is 5. The lowest BCUT2D eigenvalue weighted by Gasteiger charge is -2.22. The van der Waals surface area contributed by atoms with E-state index < -0.39 is 5.97 Å². The van der Waals surface area contributed by atoms with E-state index in [0.29, 0.717) is 23.3 Å². The maximum atomic E-state index is 13.4. The normalized spacial score (nSPS) is 15.2. The highest BCUT2D eigenvalue weighted by Crippen LogP contribution is 2.30. The van der Waals surface area contributed by atoms with Crippen LogP contribution in [-0.4, -0.2) is 37.0 Å². The summed E-state index contributed by atoms with van der Waals surface area (Å²) in [6.07, 6.45) is 8.81. The smallest absolute Gasteiger partial charge is 0.339 e. The van der Waals surface area contributed by atoms with Crippen LogP contribution in [0.2, 0.25) is 0 Å². The fraction of sp³-hybridized carbons (Fsp3) is 0.500. The fourth-order valence-corrected chi connectivity index (χ4v) is 4.18. The Labute approximate surface area is 162 Å². The number of rotatable bonds is 4. The summed E-state index contributed by atoms with van der Waals surface area (Å²) in [6, 6.07) is 1.86. The molecule has 0 bridgehead atoms. The molecule has 1 aliphatic rings. The van der Waals surface area contributed by atoms with E-state index in [4.69, 9.17) is 4.74 Å². The van der Waals surface area contributed by atoms with Crippen LogP contribution < -0.4 is 5.69 Å². The minimum absolute atomic E-state index is 0.0836. The lowest BCUT2D eigenvalue weighted by atomic mass is 9.95. The van der Waals surface area contributed by atoms with Crippen molar-refractivity contribution in [3.8, 4) is 0 Å². The quantitative estimate of drug-likeness (QED) is 0.647. The molecule has 3 aromatic rings. The highest BCUT2D eigenvalue weighted by atomic mass is 16.5. The van der Waals surface area contributed by atoms with Crippen LogP contribution in [-0.2, 0) is 18.3 Å². The minimum atomic E-state index is -0.462. The SMILES string of the molecule is COC(=O)c1cnc2c(c1)n(Cc1cn(C)nc1C)c(=O)n2C1CCCCC1. The van der Waals surface area contributed by atoms with Crippen molar-refractivity contribution < 1.29 is 9.53 Å². The zero-order valence-electron chi connectivity index (χ0n) is 16.5. The Kier molecular flexibility index (Phi) is 4.78. The molecule has 0 aromatic carbocycles. The molecule has 8 heteroatoms. The summed E-state index contributed by atoms with van der Waals surface area (Å²) in [4.78, 5) is 29.9. The van der Waals surface area contributed by atoms with Crippen LogP contribution in [0.1, 0.15) is 59.8 Å². The van der Waals surface area contributed by atoms with Crippen molar-refractivity contribution in [1.29, 1.82) is 0 Å². The summed E-state index contributed by atoms with van der Waals surface area (Å²) in [5.41, 5.74) is 3.39. The summed E-state index contributed by atoms with van der Waals surface area (Å²) >= 11 is 0. The monoisotopic (exact) mass is 383 g/mol. The van der Waals surface area contributed by atoms with Gasteiger partial charge in [0, 0.05) is 31.0 Å². The van der Waals surface area contributed by atoms with Gasteiger partial charge in [-0.25, -0.2) is 14.6 Å². The third-order valence-electron chi connectivity index (χ3n) is 5.61. The number of pyridine rings is 1. The number of methoxy groups -OCH3 is 1. The van der Waals surface area contributed by atoms with E-state index in [1.54, 1.807) is 15.3 Å². The summed E-state index contributed by atoms with van der Waals surface area (Å²) in [5.74, 6) is -0.462. The van der Waals surface area contributed by atoms with Gasteiger partial charge in [-0.2, -0.15) is 5.10 Å². The van der Waals surface area contributed by atoms with Crippen LogP contribution >= 0.6 is 0 Å². The molecule has 0 radical (unpaired) electrons. The Morgan fingerprint density at radius 2 is 2.04 bits per heavy atom. The first kappa shape index (κ1) is 18.5. The van der Waals surface area contributed by atoms with Crippen molar-refractivity contribution in [1.82, 2.24) is 23.9 Å². The standard InChI is InChI=1S/C20H25N5O3/c1-13-15(11-23(2)22-13)12-24-17-9-14(19(26)28-3)10-21-18(17)25(20(24)27)16-7-5-4-6-8-16/h9-11,16H,4-8,12H2,1-3H3. The van der Waals surface area contributed by atoms with Crippen LogP contribution in [0.3, 0.4) is 0 Å². The zero-order chi connectivity index (χ0) is 19.8. The molecule has 3 aromatic heterocycles. The summed E-state index contributed by atoms with van der Waals surface area (Å²) < 4.78 is 10.1. The third-order valence-corrected chi connectivity index (χ3v) is 5.61. The lowest BCUT2D eigenvalue weighted by Crippen LogP contribution is -2.29. The van der Waals surface area contributed by atoms with Crippen molar-refractivity contribution in [3.05, 3.63) is 45.8 Å². The van der Waals surface area contributed by atoms with Gasteiger partial charge in [-0.05, 0) is 25.8 Å². The molecule has 4 rings (SSSR count). The highest BCUT2D eigenvalue weighted by molar-refractivity contribution is 5.92. The molecule has 0 spiro atoms. The van der Waals surface area contributed by atoms with Gasteiger partial charge in [0.15, 0.2) is 5.65 Å². The van der Waals surface area contributed by atoms with E-state index in [0.717, 1.165) is 36.9 Å². The topological polar surface area (TPSA) is 83.9 Å². The number of ether oxygens (including phenoxy) is 1. The lowest BCUT2D eigenvalue weighted by molar-refractivity contribution is 0.0600. The Bertz CT molecular complexity index is 1090. The average Bonchev–Trinajstić information content (AvgIpc) is 3.17. The van der Waals surface area contributed by atoms with Gasteiger partial charge >= 0.3 is 11.7 Å². The maximum Gasteiger partial charge on any atom is 0.339 e. The molecule has 0 N–H and O–H groups in total. The Balaban J connectivity index is 1.90. The van der Waals surface area contributed by atoms with E-state index in [1.165, 1.54) is 19.7 Å². The molecule has 1 fully saturated rings. The van der Waals surface area contributed by atoms with Gasteiger partial charge in [-0.15, -0.1) is 0 Å². The van der Waals surface area contributed by atoms with Gasteiger partial charge in [0.1, 0.15) is 0 Å². The molecular weight excluding hydrogens is 358 g/mol. The predicted octanol–water partition coefficient (Wildman–Crippen LogP) is 2.58. The fourth-order valence-electron chi connectivity index (χ4n) is 4.18. The number of carbonyl (C=O) groups excluding carboxylic acids is 1. The van der Waals surface area contributed by atoms with Gasteiger partial charge in [-0.1, -0.05) is 19.3 Å². The summed E-state index contributed by atoms with van der Waals surface area (Å²) in [6.45, 7) is 2.32. The van der Waals surface area contributed by atoms with E-state index in [9.17, 15) is 9.59 Å². The molecule has 8 nitrogen and oxygen atoms in total. The molecular formula is C20H25N5O3. The number of nitrogens with zero attached hydrogens (tertiary/aromatic N) is 5. The van der Waals surface area contributed by atoms with Crippen molar-refractivity contribution in [2.24, 2.45) is 7.05 Å². The summed E-state index contributed by atoms with van der Waals surface area (Å²) in [5, 5.41) is 4.38. The van der Waals surface area contributed by atoms with Gasteiger partial charge in [-0.3, -0.25) is 13.8 Å². The van der Waals surface area contributed by atoms with Crippen LogP contribution in [0.4, 0.5) is 0 Å². The first-order chi connectivity index (χ1) is 13.5. The first-order valence-corrected chi connectivity index (χ1v) is 9.68. The first-order valence-electron chi connectivity index (χ1n) is 9.68. The Morgan fingerprint density at radius 3 is 2.68 bits per heavy atom. The van der Waals surface area contributed by atoms with Crippen LogP contribution in [0.15, 0.2) is 23.3 Å². The molecule has 0 saturated heterocycles. The minimum Gasteiger partial charge on any atom is -0.465 e. The van der Waals surface area contributed by atoms with Gasteiger partial charge in [0.25, 0.3) is 0 Å². The van der Waals surface area contributed by atoms with Crippen LogP contribution in [0.25, 0.3) is 11.2 Å². The van der Waals surface area contributed by atoms with Gasteiger partial charge in [0.05, 0.1) is 30.4 Å².